The van der Waals surface area contributed by atoms with Gasteiger partial charge in [-0.05, 0) is 25.1 Å². The summed E-state index contributed by atoms with van der Waals surface area (Å²) in [6, 6.07) is 7.09. The van der Waals surface area contributed by atoms with Gasteiger partial charge in [-0.3, -0.25) is 0 Å². The van der Waals surface area contributed by atoms with Crippen molar-refractivity contribution in [2.24, 2.45) is 5.92 Å². The van der Waals surface area contributed by atoms with Crippen LogP contribution in [0.4, 0.5) is 4.39 Å². The number of nitrogens with one attached hydrogen (secondary N) is 1. The fourth-order valence-corrected chi connectivity index (χ4v) is 2.68. The van der Waals surface area contributed by atoms with Crippen molar-refractivity contribution in [2.75, 3.05) is 39.9 Å². The number of hydrogen-bond donors (Lipinski definition) is 1. The quantitative estimate of drug-likeness (QED) is 0.718. The lowest BCUT2D eigenvalue weighted by atomic mass is 9.93. The molecule has 21 heavy (non-hydrogen) atoms. The summed E-state index contributed by atoms with van der Waals surface area (Å²) in [7, 11) is 1.72. The van der Waals surface area contributed by atoms with Crippen LogP contribution >= 0.6 is 0 Å². The molecule has 0 radical (unpaired) electrons. The third kappa shape index (κ3) is 5.73. The van der Waals surface area contributed by atoms with Crippen LogP contribution < -0.4 is 5.32 Å². The van der Waals surface area contributed by atoms with Gasteiger partial charge in [-0.2, -0.15) is 0 Å². The molecule has 0 bridgehead atoms. The average Bonchev–Trinajstić information content (AvgIpc) is 2.49. The fourth-order valence-electron chi connectivity index (χ4n) is 2.68. The molecule has 0 amide bonds. The fraction of sp³-hybridized carbons (Fsp3) is 0.647. The molecule has 120 valence electrons. The van der Waals surface area contributed by atoms with Gasteiger partial charge in [0, 0.05) is 31.8 Å². The van der Waals surface area contributed by atoms with Crippen LogP contribution in [0.2, 0.25) is 0 Å². The first-order chi connectivity index (χ1) is 10.1. The van der Waals surface area contributed by atoms with E-state index in [2.05, 4.69) is 31.0 Å². The Hall–Kier alpha value is -0.970. The van der Waals surface area contributed by atoms with Crippen molar-refractivity contribution in [3.63, 3.8) is 0 Å². The molecule has 0 spiro atoms. The summed E-state index contributed by atoms with van der Waals surface area (Å²) < 4.78 is 19.2. The molecular formula is C17H29FN2O. The number of halogens is 1. The number of hydrogen-bond acceptors (Lipinski definition) is 3. The molecule has 2 unspecified atom stereocenters. The topological polar surface area (TPSA) is 24.5 Å². The molecular weight excluding hydrogens is 267 g/mol. The molecule has 0 saturated carbocycles. The number of nitrogens with zero attached hydrogens (tertiary/aromatic N) is 1. The highest BCUT2D eigenvalue weighted by molar-refractivity contribution is 5.22. The molecule has 0 aromatic heterocycles. The zero-order valence-corrected chi connectivity index (χ0v) is 13.7. The van der Waals surface area contributed by atoms with Gasteiger partial charge in [-0.15, -0.1) is 0 Å². The van der Waals surface area contributed by atoms with Crippen molar-refractivity contribution in [2.45, 2.75) is 26.8 Å². The predicted molar refractivity (Wildman–Crippen MR) is 86.0 cm³/mol. The first-order valence-electron chi connectivity index (χ1n) is 7.83. The number of rotatable bonds is 10. The number of likely N-dealkylation sites (N-methyl/N-ethyl adjacent to an activating group) is 1. The molecule has 0 aliphatic rings. The van der Waals surface area contributed by atoms with Crippen molar-refractivity contribution in [1.29, 1.82) is 0 Å². The Morgan fingerprint density at radius 2 is 2.00 bits per heavy atom. The highest BCUT2D eigenvalue weighted by Crippen LogP contribution is 2.25. The number of methoxy groups -OCH3 is 1. The van der Waals surface area contributed by atoms with Gasteiger partial charge in [0.1, 0.15) is 5.82 Å². The van der Waals surface area contributed by atoms with Gasteiger partial charge in [0.15, 0.2) is 0 Å². The lowest BCUT2D eigenvalue weighted by molar-refractivity contribution is 0.135. The van der Waals surface area contributed by atoms with Gasteiger partial charge in [-0.1, -0.05) is 39.0 Å². The van der Waals surface area contributed by atoms with Crippen molar-refractivity contribution >= 4 is 0 Å². The zero-order chi connectivity index (χ0) is 15.7. The summed E-state index contributed by atoms with van der Waals surface area (Å²) in [6.45, 7) is 10.7. The van der Waals surface area contributed by atoms with Crippen LogP contribution in [0.25, 0.3) is 0 Å². The first-order valence-corrected chi connectivity index (χ1v) is 7.83. The van der Waals surface area contributed by atoms with Gasteiger partial charge in [-0.25, -0.2) is 4.39 Å². The standard InChI is InChI=1S/C17H29FN2O/c1-5-19-17(15-9-7-8-10-16(15)18)14(3)13-20(6-2)11-12-21-4/h7-10,14,17,19H,5-6,11-13H2,1-4H3. The summed E-state index contributed by atoms with van der Waals surface area (Å²) in [6.07, 6.45) is 0. The van der Waals surface area contributed by atoms with Gasteiger partial charge >= 0.3 is 0 Å². The third-order valence-electron chi connectivity index (χ3n) is 3.84. The van der Waals surface area contributed by atoms with Gasteiger partial charge in [0.05, 0.1) is 6.61 Å². The van der Waals surface area contributed by atoms with Crippen LogP contribution in [0.15, 0.2) is 24.3 Å². The lowest BCUT2D eigenvalue weighted by Gasteiger charge is -2.30. The number of benzene rings is 1. The minimum atomic E-state index is -0.129. The third-order valence-corrected chi connectivity index (χ3v) is 3.84. The van der Waals surface area contributed by atoms with Crippen LogP contribution in [0.3, 0.4) is 0 Å². The van der Waals surface area contributed by atoms with Crippen LogP contribution in [0, 0.1) is 11.7 Å². The molecule has 0 saturated heterocycles. The van der Waals surface area contributed by atoms with Gasteiger partial charge < -0.3 is 15.0 Å². The van der Waals surface area contributed by atoms with Crippen LogP contribution in [0.1, 0.15) is 32.4 Å². The van der Waals surface area contributed by atoms with E-state index in [4.69, 9.17) is 4.74 Å². The number of ether oxygens (including phenoxy) is 1. The Morgan fingerprint density at radius 3 is 2.57 bits per heavy atom. The van der Waals surface area contributed by atoms with Crippen molar-refractivity contribution in [1.82, 2.24) is 10.2 Å². The van der Waals surface area contributed by atoms with Crippen molar-refractivity contribution in [3.05, 3.63) is 35.6 Å². The second kappa shape index (κ2) is 9.87. The second-order valence-electron chi connectivity index (χ2n) is 5.42. The molecule has 1 aromatic carbocycles. The lowest BCUT2D eigenvalue weighted by Crippen LogP contribution is -2.37. The van der Waals surface area contributed by atoms with Gasteiger partial charge in [0.2, 0.25) is 0 Å². The van der Waals surface area contributed by atoms with E-state index < -0.39 is 0 Å². The highest BCUT2D eigenvalue weighted by atomic mass is 19.1. The van der Waals surface area contributed by atoms with Crippen LogP contribution in [-0.4, -0.2) is 44.8 Å². The minimum absolute atomic E-state index is 0.0350. The largest absolute Gasteiger partial charge is 0.383 e. The predicted octanol–water partition coefficient (Wildman–Crippen LogP) is 3.08. The Morgan fingerprint density at radius 1 is 1.29 bits per heavy atom. The molecule has 1 aromatic rings. The van der Waals surface area contributed by atoms with E-state index in [1.165, 1.54) is 6.07 Å². The van der Waals surface area contributed by atoms with Crippen LogP contribution in [-0.2, 0) is 4.74 Å². The monoisotopic (exact) mass is 296 g/mol. The van der Waals surface area contributed by atoms with Gasteiger partial charge in [0.25, 0.3) is 0 Å². The summed E-state index contributed by atoms with van der Waals surface area (Å²) >= 11 is 0. The van der Waals surface area contributed by atoms with E-state index >= 15 is 0 Å². The maximum atomic E-state index is 14.1. The molecule has 0 aliphatic heterocycles. The van der Waals surface area contributed by atoms with E-state index in [1.807, 2.05) is 12.1 Å². The van der Waals surface area contributed by atoms with Crippen molar-refractivity contribution in [3.8, 4) is 0 Å². The molecule has 1 N–H and O–H groups in total. The summed E-state index contributed by atoms with van der Waals surface area (Å²) in [5, 5.41) is 3.43. The maximum absolute atomic E-state index is 14.1. The van der Waals surface area contributed by atoms with E-state index in [-0.39, 0.29) is 11.9 Å². The Balaban J connectivity index is 2.77. The zero-order valence-electron chi connectivity index (χ0n) is 13.7. The minimum Gasteiger partial charge on any atom is -0.383 e. The van der Waals surface area contributed by atoms with E-state index in [1.54, 1.807) is 13.2 Å². The molecule has 0 aliphatic carbocycles. The van der Waals surface area contributed by atoms with E-state index in [0.717, 1.165) is 38.3 Å². The molecule has 1 rings (SSSR count). The summed E-state index contributed by atoms with van der Waals surface area (Å²) in [5.41, 5.74) is 0.759. The normalized spacial score (nSPS) is 14.4. The smallest absolute Gasteiger partial charge is 0.127 e. The second-order valence-corrected chi connectivity index (χ2v) is 5.42. The molecule has 3 nitrogen and oxygen atoms in total. The highest BCUT2D eigenvalue weighted by Gasteiger charge is 2.22. The van der Waals surface area contributed by atoms with E-state index in [0.29, 0.717) is 5.92 Å². The average molecular weight is 296 g/mol. The molecule has 0 fully saturated rings. The Labute approximate surface area is 128 Å². The van der Waals surface area contributed by atoms with E-state index in [9.17, 15) is 4.39 Å². The molecule has 4 heteroatoms. The Kier molecular flexibility index (Phi) is 8.50. The SMILES string of the molecule is CCNC(c1ccccc1F)C(C)CN(CC)CCOC. The summed E-state index contributed by atoms with van der Waals surface area (Å²) in [5.74, 6) is 0.189. The maximum Gasteiger partial charge on any atom is 0.127 e. The molecule has 0 heterocycles. The van der Waals surface area contributed by atoms with Crippen molar-refractivity contribution < 1.29 is 9.13 Å². The Bertz CT molecular complexity index is 400. The first kappa shape index (κ1) is 18.1. The molecule has 2 atom stereocenters. The summed E-state index contributed by atoms with van der Waals surface area (Å²) in [4.78, 5) is 2.35. The van der Waals surface area contributed by atoms with Crippen LogP contribution in [0.5, 0.6) is 0 Å².